The van der Waals surface area contributed by atoms with Gasteiger partial charge in [0.15, 0.2) is 0 Å². The van der Waals surface area contributed by atoms with Crippen molar-refractivity contribution in [1.82, 2.24) is 9.97 Å². The molecule has 0 amide bonds. The van der Waals surface area contributed by atoms with Crippen molar-refractivity contribution in [2.24, 2.45) is 5.92 Å². The molecule has 0 unspecified atom stereocenters. The van der Waals surface area contributed by atoms with Crippen molar-refractivity contribution in [3.05, 3.63) is 29.1 Å². The molecule has 0 atom stereocenters. The van der Waals surface area contributed by atoms with Crippen LogP contribution in [0.5, 0.6) is 0 Å². The number of nitrogens with zero attached hydrogens (tertiary/aromatic N) is 4. The number of aromatic nitrogens is 2. The monoisotopic (exact) mass is 277 g/mol. The third kappa shape index (κ3) is 3.04. The molecule has 1 aromatic rings. The average molecular weight is 277 g/mol. The standard InChI is InChI=1S/C13H19N5O2/c1-3-6-14-12-11(18(19)20)13(16-9-15-12)17-7-4-10(2)5-8-17/h3,9-10H,1,4-8H2,2H3,(H,14,15,16). The second-order valence-electron chi connectivity index (χ2n) is 4.99. The van der Waals surface area contributed by atoms with Crippen LogP contribution in [0, 0.1) is 16.0 Å². The van der Waals surface area contributed by atoms with Crippen LogP contribution < -0.4 is 10.2 Å². The second kappa shape index (κ2) is 6.31. The summed E-state index contributed by atoms with van der Waals surface area (Å²) in [6.07, 6.45) is 5.05. The summed E-state index contributed by atoms with van der Waals surface area (Å²) >= 11 is 0. The molecule has 1 N–H and O–H groups in total. The van der Waals surface area contributed by atoms with E-state index in [1.54, 1.807) is 6.08 Å². The highest BCUT2D eigenvalue weighted by atomic mass is 16.6. The third-order valence-electron chi connectivity index (χ3n) is 3.48. The minimum absolute atomic E-state index is 0.0519. The average Bonchev–Trinajstić information content (AvgIpc) is 2.45. The molecule has 1 saturated heterocycles. The third-order valence-corrected chi connectivity index (χ3v) is 3.48. The number of piperidine rings is 1. The summed E-state index contributed by atoms with van der Waals surface area (Å²) in [5.74, 6) is 1.31. The topological polar surface area (TPSA) is 84.2 Å². The van der Waals surface area contributed by atoms with E-state index in [-0.39, 0.29) is 11.5 Å². The summed E-state index contributed by atoms with van der Waals surface area (Å²) in [5, 5.41) is 14.2. The van der Waals surface area contributed by atoms with Crippen LogP contribution in [0.4, 0.5) is 17.3 Å². The molecule has 7 heteroatoms. The molecule has 0 spiro atoms. The van der Waals surface area contributed by atoms with Crippen molar-refractivity contribution in [1.29, 1.82) is 0 Å². The molecule has 0 saturated carbocycles. The van der Waals surface area contributed by atoms with E-state index in [1.165, 1.54) is 6.33 Å². The Bertz CT molecular complexity index is 498. The summed E-state index contributed by atoms with van der Waals surface area (Å²) < 4.78 is 0. The predicted molar refractivity (Wildman–Crippen MR) is 78.0 cm³/mol. The van der Waals surface area contributed by atoms with Crippen LogP contribution in [0.25, 0.3) is 0 Å². The van der Waals surface area contributed by atoms with Gasteiger partial charge in [-0.1, -0.05) is 13.0 Å². The Labute approximate surface area is 117 Å². The first kappa shape index (κ1) is 14.2. The van der Waals surface area contributed by atoms with Gasteiger partial charge in [0.1, 0.15) is 6.33 Å². The first-order chi connectivity index (χ1) is 9.63. The first-order valence-corrected chi connectivity index (χ1v) is 6.72. The lowest BCUT2D eigenvalue weighted by atomic mass is 9.99. The highest BCUT2D eigenvalue weighted by Crippen LogP contribution is 2.33. The number of nitro groups is 1. The maximum Gasteiger partial charge on any atom is 0.353 e. The smallest absolute Gasteiger partial charge is 0.353 e. The summed E-state index contributed by atoms with van der Waals surface area (Å²) in [7, 11) is 0. The molecule has 7 nitrogen and oxygen atoms in total. The lowest BCUT2D eigenvalue weighted by Gasteiger charge is -2.30. The molecular weight excluding hydrogens is 258 g/mol. The van der Waals surface area contributed by atoms with Gasteiger partial charge < -0.3 is 10.2 Å². The van der Waals surface area contributed by atoms with Gasteiger partial charge in [0.05, 0.1) is 4.92 Å². The number of hydrogen-bond acceptors (Lipinski definition) is 6. The molecule has 2 rings (SSSR count). The van der Waals surface area contributed by atoms with E-state index in [1.807, 2.05) is 4.90 Å². The Hall–Kier alpha value is -2.18. The summed E-state index contributed by atoms with van der Waals surface area (Å²) in [6.45, 7) is 7.79. The molecule has 1 aromatic heterocycles. The Balaban J connectivity index is 2.31. The van der Waals surface area contributed by atoms with Crippen LogP contribution in [-0.2, 0) is 0 Å². The number of anilines is 2. The van der Waals surface area contributed by atoms with E-state index < -0.39 is 4.92 Å². The minimum atomic E-state index is -0.418. The predicted octanol–water partition coefficient (Wildman–Crippen LogP) is 2.22. The minimum Gasteiger partial charge on any atom is -0.361 e. The summed E-state index contributed by atoms with van der Waals surface area (Å²) in [4.78, 5) is 21.0. The maximum atomic E-state index is 11.3. The van der Waals surface area contributed by atoms with Crippen LogP contribution in [0.3, 0.4) is 0 Å². The molecular formula is C13H19N5O2. The van der Waals surface area contributed by atoms with Crippen LogP contribution in [0.1, 0.15) is 19.8 Å². The highest BCUT2D eigenvalue weighted by molar-refractivity contribution is 5.70. The van der Waals surface area contributed by atoms with E-state index in [2.05, 4.69) is 28.8 Å². The van der Waals surface area contributed by atoms with Crippen LogP contribution in [-0.4, -0.2) is 34.5 Å². The van der Waals surface area contributed by atoms with Crippen molar-refractivity contribution in [3.8, 4) is 0 Å². The van der Waals surface area contributed by atoms with E-state index >= 15 is 0 Å². The van der Waals surface area contributed by atoms with Crippen molar-refractivity contribution >= 4 is 17.3 Å². The van der Waals surface area contributed by atoms with Crippen molar-refractivity contribution < 1.29 is 4.92 Å². The van der Waals surface area contributed by atoms with Crippen molar-refractivity contribution in [2.45, 2.75) is 19.8 Å². The molecule has 108 valence electrons. The summed E-state index contributed by atoms with van der Waals surface area (Å²) in [6, 6.07) is 0. The van der Waals surface area contributed by atoms with Crippen molar-refractivity contribution in [3.63, 3.8) is 0 Å². The van der Waals surface area contributed by atoms with Gasteiger partial charge in [0.2, 0.25) is 11.6 Å². The molecule has 2 heterocycles. The zero-order valence-electron chi connectivity index (χ0n) is 11.6. The van der Waals surface area contributed by atoms with Gasteiger partial charge in [-0.3, -0.25) is 10.1 Å². The Kier molecular flexibility index (Phi) is 4.49. The van der Waals surface area contributed by atoms with Crippen molar-refractivity contribution in [2.75, 3.05) is 29.9 Å². The van der Waals surface area contributed by atoms with Gasteiger partial charge >= 0.3 is 5.69 Å². The van der Waals surface area contributed by atoms with E-state index in [0.29, 0.717) is 18.3 Å². The molecule has 0 bridgehead atoms. The van der Waals surface area contributed by atoms with Gasteiger partial charge in [-0.25, -0.2) is 9.97 Å². The molecule has 0 aliphatic carbocycles. The zero-order chi connectivity index (χ0) is 14.5. The second-order valence-corrected chi connectivity index (χ2v) is 4.99. The van der Waals surface area contributed by atoms with Crippen LogP contribution in [0.2, 0.25) is 0 Å². The van der Waals surface area contributed by atoms with Crippen LogP contribution in [0.15, 0.2) is 19.0 Å². The molecule has 1 aliphatic heterocycles. The molecule has 1 aliphatic rings. The molecule has 1 fully saturated rings. The quantitative estimate of drug-likeness (QED) is 0.504. The first-order valence-electron chi connectivity index (χ1n) is 6.72. The Morgan fingerprint density at radius 3 is 2.85 bits per heavy atom. The van der Waals surface area contributed by atoms with Gasteiger partial charge in [0, 0.05) is 19.6 Å². The van der Waals surface area contributed by atoms with Gasteiger partial charge in [-0.05, 0) is 18.8 Å². The lowest BCUT2D eigenvalue weighted by Crippen LogP contribution is -2.34. The van der Waals surface area contributed by atoms with Gasteiger partial charge in [0.25, 0.3) is 0 Å². The van der Waals surface area contributed by atoms with Gasteiger partial charge in [-0.15, -0.1) is 6.58 Å². The molecule has 0 aromatic carbocycles. The fraction of sp³-hybridized carbons (Fsp3) is 0.538. The largest absolute Gasteiger partial charge is 0.361 e. The Morgan fingerprint density at radius 2 is 2.25 bits per heavy atom. The zero-order valence-corrected chi connectivity index (χ0v) is 11.6. The summed E-state index contributed by atoms with van der Waals surface area (Å²) in [5.41, 5.74) is -0.0519. The van der Waals surface area contributed by atoms with E-state index in [0.717, 1.165) is 25.9 Å². The highest BCUT2D eigenvalue weighted by Gasteiger charge is 2.28. The molecule has 0 radical (unpaired) electrons. The maximum absolute atomic E-state index is 11.3. The number of rotatable bonds is 5. The number of nitrogens with one attached hydrogen (secondary N) is 1. The SMILES string of the molecule is C=CCNc1ncnc(N2CCC(C)CC2)c1[N+](=O)[O-]. The Morgan fingerprint density at radius 1 is 1.55 bits per heavy atom. The number of hydrogen-bond donors (Lipinski definition) is 1. The molecule has 20 heavy (non-hydrogen) atoms. The lowest BCUT2D eigenvalue weighted by molar-refractivity contribution is -0.383. The normalized spacial score (nSPS) is 15.9. The fourth-order valence-electron chi connectivity index (χ4n) is 2.29. The van der Waals surface area contributed by atoms with Gasteiger partial charge in [-0.2, -0.15) is 0 Å². The fourth-order valence-corrected chi connectivity index (χ4v) is 2.29. The van der Waals surface area contributed by atoms with Crippen LogP contribution >= 0.6 is 0 Å². The van der Waals surface area contributed by atoms with E-state index in [9.17, 15) is 10.1 Å². The van der Waals surface area contributed by atoms with E-state index in [4.69, 9.17) is 0 Å².